The molecule has 0 saturated heterocycles. The maximum absolute atomic E-state index is 12.1. The Balaban J connectivity index is 1.89. The van der Waals surface area contributed by atoms with E-state index in [2.05, 4.69) is 15.6 Å². The highest BCUT2D eigenvalue weighted by molar-refractivity contribution is 6.30. The molecular formula is C19H26ClN5O2. The lowest BCUT2D eigenvalue weighted by Crippen LogP contribution is -2.39. The third-order valence-electron chi connectivity index (χ3n) is 3.96. The highest BCUT2D eigenvalue weighted by Gasteiger charge is 2.10. The number of amides is 1. The maximum atomic E-state index is 12.1. The van der Waals surface area contributed by atoms with E-state index in [1.54, 1.807) is 12.1 Å². The van der Waals surface area contributed by atoms with Crippen LogP contribution in [0.3, 0.4) is 0 Å². The largest absolute Gasteiger partial charge is 0.508 e. The second-order valence-corrected chi connectivity index (χ2v) is 6.59. The van der Waals surface area contributed by atoms with E-state index in [4.69, 9.17) is 11.6 Å². The zero-order valence-electron chi connectivity index (χ0n) is 15.9. The second-order valence-electron chi connectivity index (χ2n) is 6.16. The van der Waals surface area contributed by atoms with Crippen molar-refractivity contribution >= 4 is 23.5 Å². The fraction of sp³-hybridized carbons (Fsp3) is 0.368. The van der Waals surface area contributed by atoms with Gasteiger partial charge < -0.3 is 25.2 Å². The van der Waals surface area contributed by atoms with Crippen LogP contribution in [0.1, 0.15) is 23.0 Å². The average molecular weight is 392 g/mol. The van der Waals surface area contributed by atoms with Gasteiger partial charge in [0.15, 0.2) is 5.96 Å². The van der Waals surface area contributed by atoms with Crippen LogP contribution < -0.4 is 10.6 Å². The van der Waals surface area contributed by atoms with Crippen molar-refractivity contribution in [1.82, 2.24) is 20.1 Å². The van der Waals surface area contributed by atoms with Crippen LogP contribution in [0.4, 0.5) is 0 Å². The van der Waals surface area contributed by atoms with E-state index >= 15 is 0 Å². The number of aromatic hydroxyl groups is 1. The number of phenols is 1. The van der Waals surface area contributed by atoms with Crippen molar-refractivity contribution in [3.05, 3.63) is 52.8 Å². The molecule has 8 heteroatoms. The number of rotatable bonds is 7. The van der Waals surface area contributed by atoms with Gasteiger partial charge in [0.25, 0.3) is 5.91 Å². The molecule has 1 amide bonds. The number of phenolic OH excluding ortho intramolecular Hbond substituents is 1. The third kappa shape index (κ3) is 6.21. The first kappa shape index (κ1) is 20.6. The van der Waals surface area contributed by atoms with Gasteiger partial charge in [0.05, 0.1) is 18.1 Å². The first-order valence-corrected chi connectivity index (χ1v) is 9.16. The van der Waals surface area contributed by atoms with Gasteiger partial charge in [-0.05, 0) is 37.3 Å². The SMILES string of the molecule is CCNC(=NCCNC(=O)c1ccc(O)cc1)N(C)Cc1cc(Cl)cn1C. The summed E-state index contributed by atoms with van der Waals surface area (Å²) in [6.07, 6.45) is 1.87. The smallest absolute Gasteiger partial charge is 0.251 e. The zero-order chi connectivity index (χ0) is 19.8. The van der Waals surface area contributed by atoms with Crippen molar-refractivity contribution in [3.63, 3.8) is 0 Å². The Kier molecular flexibility index (Phi) is 7.55. The molecule has 27 heavy (non-hydrogen) atoms. The maximum Gasteiger partial charge on any atom is 0.251 e. The number of carbonyl (C=O) groups is 1. The minimum atomic E-state index is -0.193. The Morgan fingerprint density at radius 3 is 2.59 bits per heavy atom. The summed E-state index contributed by atoms with van der Waals surface area (Å²) in [5, 5.41) is 16.0. The van der Waals surface area contributed by atoms with Crippen molar-refractivity contribution in [2.24, 2.45) is 12.0 Å². The average Bonchev–Trinajstić information content (AvgIpc) is 2.95. The number of halogens is 1. The lowest BCUT2D eigenvalue weighted by Gasteiger charge is -2.22. The summed E-state index contributed by atoms with van der Waals surface area (Å²) in [5.74, 6) is 0.699. The van der Waals surface area contributed by atoms with Crippen LogP contribution in [-0.2, 0) is 13.6 Å². The number of nitrogens with one attached hydrogen (secondary N) is 2. The Morgan fingerprint density at radius 2 is 2.00 bits per heavy atom. The quantitative estimate of drug-likeness (QED) is 0.384. The van der Waals surface area contributed by atoms with Crippen molar-refractivity contribution in [3.8, 4) is 5.75 Å². The normalized spacial score (nSPS) is 11.3. The Labute approximate surface area is 164 Å². The topological polar surface area (TPSA) is 81.9 Å². The minimum Gasteiger partial charge on any atom is -0.508 e. The van der Waals surface area contributed by atoms with Gasteiger partial charge in [0.2, 0.25) is 0 Å². The summed E-state index contributed by atoms with van der Waals surface area (Å²) in [6.45, 7) is 4.28. The van der Waals surface area contributed by atoms with Crippen LogP contribution in [0.5, 0.6) is 5.75 Å². The monoisotopic (exact) mass is 391 g/mol. The molecule has 0 aliphatic carbocycles. The van der Waals surface area contributed by atoms with Gasteiger partial charge in [0.1, 0.15) is 5.75 Å². The molecule has 7 nitrogen and oxygen atoms in total. The summed E-state index contributed by atoms with van der Waals surface area (Å²) >= 11 is 6.04. The minimum absolute atomic E-state index is 0.133. The molecule has 1 aromatic heterocycles. The van der Waals surface area contributed by atoms with Gasteiger partial charge >= 0.3 is 0 Å². The fourth-order valence-electron chi connectivity index (χ4n) is 2.56. The van der Waals surface area contributed by atoms with Crippen LogP contribution in [0, 0.1) is 0 Å². The van der Waals surface area contributed by atoms with Crippen LogP contribution >= 0.6 is 11.6 Å². The lowest BCUT2D eigenvalue weighted by atomic mass is 10.2. The molecule has 1 heterocycles. The molecular weight excluding hydrogens is 366 g/mol. The van der Waals surface area contributed by atoms with Crippen molar-refractivity contribution in [2.45, 2.75) is 13.5 Å². The van der Waals surface area contributed by atoms with Crippen molar-refractivity contribution < 1.29 is 9.90 Å². The van der Waals surface area contributed by atoms with Gasteiger partial charge in [-0.2, -0.15) is 0 Å². The van der Waals surface area contributed by atoms with Crippen LogP contribution in [0.2, 0.25) is 5.02 Å². The molecule has 0 aliphatic rings. The fourth-order valence-corrected chi connectivity index (χ4v) is 2.83. The molecule has 2 aromatic rings. The number of benzene rings is 1. The molecule has 0 saturated carbocycles. The van der Waals surface area contributed by atoms with E-state index in [1.807, 2.05) is 42.7 Å². The Bertz CT molecular complexity index is 786. The lowest BCUT2D eigenvalue weighted by molar-refractivity contribution is 0.0955. The van der Waals surface area contributed by atoms with E-state index in [0.717, 1.165) is 18.2 Å². The molecule has 0 bridgehead atoms. The van der Waals surface area contributed by atoms with Gasteiger partial charge in [-0.15, -0.1) is 0 Å². The number of aryl methyl sites for hydroxylation is 1. The van der Waals surface area contributed by atoms with E-state index in [1.165, 1.54) is 12.1 Å². The molecule has 146 valence electrons. The summed E-state index contributed by atoms with van der Waals surface area (Å²) in [5.41, 5.74) is 1.58. The van der Waals surface area contributed by atoms with E-state index < -0.39 is 0 Å². The van der Waals surface area contributed by atoms with E-state index in [-0.39, 0.29) is 11.7 Å². The standard InChI is InChI=1S/C19H26ClN5O2/c1-4-21-19(25(3)13-16-11-15(20)12-24(16)2)23-10-9-22-18(27)14-5-7-17(26)8-6-14/h5-8,11-12,26H,4,9-10,13H2,1-3H3,(H,21,23)(H,22,27). The Morgan fingerprint density at radius 1 is 1.30 bits per heavy atom. The third-order valence-corrected chi connectivity index (χ3v) is 4.17. The van der Waals surface area contributed by atoms with E-state index in [0.29, 0.717) is 30.2 Å². The van der Waals surface area contributed by atoms with Crippen LogP contribution in [-0.4, -0.2) is 53.1 Å². The van der Waals surface area contributed by atoms with Crippen molar-refractivity contribution in [1.29, 1.82) is 0 Å². The van der Waals surface area contributed by atoms with Crippen LogP contribution in [0.15, 0.2) is 41.5 Å². The molecule has 2 rings (SSSR count). The first-order valence-electron chi connectivity index (χ1n) is 8.78. The molecule has 1 aromatic carbocycles. The second kappa shape index (κ2) is 9.87. The van der Waals surface area contributed by atoms with E-state index in [9.17, 15) is 9.90 Å². The van der Waals surface area contributed by atoms with Gasteiger partial charge in [-0.3, -0.25) is 9.79 Å². The molecule has 0 radical (unpaired) electrons. The number of aromatic nitrogens is 1. The highest BCUT2D eigenvalue weighted by atomic mass is 35.5. The van der Waals surface area contributed by atoms with Gasteiger partial charge in [-0.25, -0.2) is 0 Å². The number of nitrogens with zero attached hydrogens (tertiary/aromatic N) is 3. The van der Waals surface area contributed by atoms with Crippen LogP contribution in [0.25, 0.3) is 0 Å². The number of hydrogen-bond acceptors (Lipinski definition) is 3. The predicted molar refractivity (Wildman–Crippen MR) is 108 cm³/mol. The summed E-state index contributed by atoms with van der Waals surface area (Å²) in [7, 11) is 3.91. The molecule has 3 N–H and O–H groups in total. The number of hydrogen-bond donors (Lipinski definition) is 3. The highest BCUT2D eigenvalue weighted by Crippen LogP contribution is 2.14. The first-order chi connectivity index (χ1) is 12.9. The molecule has 0 spiro atoms. The summed E-state index contributed by atoms with van der Waals surface area (Å²) in [6, 6.07) is 8.06. The Hall–Kier alpha value is -2.67. The molecule has 0 aliphatic heterocycles. The predicted octanol–water partition coefficient (Wildman–Crippen LogP) is 2.21. The molecule has 0 fully saturated rings. The summed E-state index contributed by atoms with van der Waals surface area (Å²) < 4.78 is 1.99. The van der Waals surface area contributed by atoms with Gasteiger partial charge in [0, 0.05) is 44.6 Å². The van der Waals surface area contributed by atoms with Crippen molar-refractivity contribution in [2.75, 3.05) is 26.7 Å². The molecule has 0 atom stereocenters. The van der Waals surface area contributed by atoms with Gasteiger partial charge in [-0.1, -0.05) is 11.6 Å². The number of guanidine groups is 1. The number of carbonyl (C=O) groups excluding carboxylic acids is 1. The molecule has 0 unspecified atom stereocenters. The summed E-state index contributed by atoms with van der Waals surface area (Å²) in [4.78, 5) is 18.6. The zero-order valence-corrected chi connectivity index (χ0v) is 16.6. The number of aliphatic imine (C=N–C) groups is 1.